The molecule has 0 fully saturated rings. The number of amides is 1. The highest BCUT2D eigenvalue weighted by Gasteiger charge is 2.26. The lowest BCUT2D eigenvalue weighted by molar-refractivity contribution is 0.240. The first-order valence-electron chi connectivity index (χ1n) is 11.7. The van der Waals surface area contributed by atoms with E-state index in [2.05, 4.69) is 37.2 Å². The summed E-state index contributed by atoms with van der Waals surface area (Å²) >= 11 is 9.43. The van der Waals surface area contributed by atoms with Gasteiger partial charge in [-0.3, -0.25) is 9.47 Å². The van der Waals surface area contributed by atoms with E-state index >= 15 is 0 Å². The fourth-order valence-electron chi connectivity index (χ4n) is 4.65. The lowest BCUT2D eigenvalue weighted by Crippen LogP contribution is -2.34. The van der Waals surface area contributed by atoms with Gasteiger partial charge < -0.3 is 5.32 Å². The van der Waals surface area contributed by atoms with Crippen molar-refractivity contribution in [1.29, 1.82) is 5.26 Å². The minimum Gasteiger partial charge on any atom is -0.333 e. The third kappa shape index (κ3) is 5.92. The van der Waals surface area contributed by atoms with E-state index in [0.717, 1.165) is 44.3 Å². The molecule has 3 heterocycles. The summed E-state index contributed by atoms with van der Waals surface area (Å²) in [4.78, 5) is 19.6. The average molecular weight is 615 g/mol. The fourth-order valence-corrected chi connectivity index (χ4v) is 5.23. The van der Waals surface area contributed by atoms with Crippen LogP contribution in [0, 0.1) is 17.1 Å². The number of hydrogen-bond donors (Lipinski definition) is 1. The van der Waals surface area contributed by atoms with Crippen molar-refractivity contribution in [3.05, 3.63) is 104 Å². The van der Waals surface area contributed by atoms with Crippen LogP contribution in [-0.4, -0.2) is 33.6 Å². The number of fused-ring (bicyclic) bond motifs is 3. The molecule has 10 heteroatoms. The standard InChI is InChI=1S/C28H22BrClFN5O.ClH/c29-24-5-4-21(31)14-20(24)2-1-10-35-11-8-26-23(17-35)22-12-18(15-32)3-6-25(22)36(26)28(37)34-16-19-7-9-33-27(30)13-19;/h1-7,9,12-14H,8,10-11,16-17H2,(H,34,37);1H/b2-1+;. The van der Waals surface area contributed by atoms with Crippen molar-refractivity contribution in [2.24, 2.45) is 0 Å². The molecule has 0 radical (unpaired) electrons. The predicted octanol–water partition coefficient (Wildman–Crippen LogP) is 6.71. The van der Waals surface area contributed by atoms with E-state index in [9.17, 15) is 14.4 Å². The normalized spacial score (nSPS) is 13.2. The lowest BCUT2D eigenvalue weighted by Gasteiger charge is -2.27. The summed E-state index contributed by atoms with van der Waals surface area (Å²) in [5.74, 6) is -0.281. The van der Waals surface area contributed by atoms with Crippen LogP contribution in [-0.2, 0) is 19.5 Å². The largest absolute Gasteiger partial charge is 0.333 e. The molecule has 1 N–H and O–H groups in total. The van der Waals surface area contributed by atoms with Gasteiger partial charge in [-0.1, -0.05) is 39.7 Å². The molecule has 0 spiro atoms. The summed E-state index contributed by atoms with van der Waals surface area (Å²) in [6.45, 7) is 2.38. The molecule has 6 nitrogen and oxygen atoms in total. The zero-order chi connectivity index (χ0) is 25.9. The topological polar surface area (TPSA) is 74.0 Å². The second-order valence-electron chi connectivity index (χ2n) is 8.80. The minimum absolute atomic E-state index is 0. The quantitative estimate of drug-likeness (QED) is 0.253. The van der Waals surface area contributed by atoms with Crippen LogP contribution < -0.4 is 5.32 Å². The third-order valence-electron chi connectivity index (χ3n) is 6.41. The Balaban J connectivity index is 0.00000336. The number of rotatable bonds is 5. The molecule has 38 heavy (non-hydrogen) atoms. The van der Waals surface area contributed by atoms with Gasteiger partial charge in [-0.15, -0.1) is 12.4 Å². The lowest BCUT2D eigenvalue weighted by atomic mass is 10.0. The van der Waals surface area contributed by atoms with Gasteiger partial charge >= 0.3 is 6.03 Å². The molecule has 0 atom stereocenters. The van der Waals surface area contributed by atoms with Crippen LogP contribution in [0.3, 0.4) is 0 Å². The van der Waals surface area contributed by atoms with Gasteiger partial charge in [-0.25, -0.2) is 14.2 Å². The third-order valence-corrected chi connectivity index (χ3v) is 7.34. The maximum absolute atomic E-state index is 13.6. The van der Waals surface area contributed by atoms with E-state index < -0.39 is 0 Å². The SMILES string of the molecule is Cl.N#Cc1ccc2c(c1)c1c(n2C(=O)NCc2ccnc(Cl)c2)CCN(C/C=C/c2cc(F)ccc2Br)C1. The molecule has 0 saturated carbocycles. The summed E-state index contributed by atoms with van der Waals surface area (Å²) in [5, 5.41) is 13.7. The molecule has 2 aromatic carbocycles. The van der Waals surface area contributed by atoms with Gasteiger partial charge in [-0.05, 0) is 65.2 Å². The van der Waals surface area contributed by atoms with Gasteiger partial charge in [0.1, 0.15) is 11.0 Å². The van der Waals surface area contributed by atoms with Crippen molar-refractivity contribution in [2.45, 2.75) is 19.5 Å². The number of carbonyl (C=O) groups is 1. The first kappa shape index (κ1) is 27.8. The molecule has 1 aliphatic heterocycles. The summed E-state index contributed by atoms with van der Waals surface area (Å²) in [6.07, 6.45) is 6.20. The minimum atomic E-state index is -0.281. The molecule has 1 aliphatic rings. The van der Waals surface area contributed by atoms with Crippen molar-refractivity contribution in [1.82, 2.24) is 19.8 Å². The number of hydrogen-bond acceptors (Lipinski definition) is 4. The Morgan fingerprint density at radius 2 is 2.08 bits per heavy atom. The van der Waals surface area contributed by atoms with Crippen molar-refractivity contribution in [2.75, 3.05) is 13.1 Å². The molecule has 0 unspecified atom stereocenters. The molecular formula is C28H23BrCl2FN5O. The van der Waals surface area contributed by atoms with E-state index in [0.29, 0.717) is 36.8 Å². The number of carbonyl (C=O) groups excluding carboxylic acids is 1. The molecule has 0 aliphatic carbocycles. The van der Waals surface area contributed by atoms with Crippen LogP contribution in [0.4, 0.5) is 9.18 Å². The molecule has 4 aromatic rings. The van der Waals surface area contributed by atoms with Gasteiger partial charge in [0, 0.05) is 54.3 Å². The Morgan fingerprint density at radius 3 is 2.87 bits per heavy atom. The second kappa shape index (κ2) is 12.1. The molecule has 0 bridgehead atoms. The zero-order valence-electron chi connectivity index (χ0n) is 20.1. The van der Waals surface area contributed by atoms with E-state index in [4.69, 9.17) is 11.6 Å². The van der Waals surface area contributed by atoms with Crippen LogP contribution in [0.2, 0.25) is 5.15 Å². The van der Waals surface area contributed by atoms with E-state index in [1.807, 2.05) is 30.4 Å². The molecule has 2 aromatic heterocycles. The van der Waals surface area contributed by atoms with Crippen molar-refractivity contribution in [3.8, 4) is 6.07 Å². The molecule has 1 amide bonds. The van der Waals surface area contributed by atoms with E-state index in [1.165, 1.54) is 12.1 Å². The molecule has 0 saturated heterocycles. The van der Waals surface area contributed by atoms with Crippen LogP contribution in [0.25, 0.3) is 17.0 Å². The highest BCUT2D eigenvalue weighted by atomic mass is 79.9. The van der Waals surface area contributed by atoms with Gasteiger partial charge in [0.25, 0.3) is 0 Å². The Bertz CT molecular complexity index is 1580. The summed E-state index contributed by atoms with van der Waals surface area (Å²) in [7, 11) is 0. The van der Waals surface area contributed by atoms with E-state index in [-0.39, 0.29) is 24.3 Å². The monoisotopic (exact) mass is 613 g/mol. The van der Waals surface area contributed by atoms with Gasteiger partial charge in [0.2, 0.25) is 0 Å². The highest BCUT2D eigenvalue weighted by Crippen LogP contribution is 2.32. The Labute approximate surface area is 239 Å². The Morgan fingerprint density at radius 1 is 1.24 bits per heavy atom. The first-order chi connectivity index (χ1) is 17.9. The number of nitriles is 1. The smallest absolute Gasteiger partial charge is 0.326 e. The average Bonchev–Trinajstić information content (AvgIpc) is 3.22. The van der Waals surface area contributed by atoms with Gasteiger partial charge in [-0.2, -0.15) is 5.26 Å². The number of benzene rings is 2. The maximum atomic E-state index is 13.6. The van der Waals surface area contributed by atoms with Gasteiger partial charge in [0.15, 0.2) is 0 Å². The van der Waals surface area contributed by atoms with Crippen LogP contribution in [0.5, 0.6) is 0 Å². The summed E-state index contributed by atoms with van der Waals surface area (Å²) < 4.78 is 16.2. The van der Waals surface area contributed by atoms with E-state index in [1.54, 1.807) is 29.0 Å². The number of halogens is 4. The Kier molecular flexibility index (Phi) is 8.85. The van der Waals surface area contributed by atoms with Crippen LogP contribution >= 0.6 is 39.9 Å². The zero-order valence-corrected chi connectivity index (χ0v) is 23.3. The predicted molar refractivity (Wildman–Crippen MR) is 153 cm³/mol. The number of nitrogens with one attached hydrogen (secondary N) is 1. The second-order valence-corrected chi connectivity index (χ2v) is 10.0. The molecule has 5 rings (SSSR count). The first-order valence-corrected chi connectivity index (χ1v) is 12.9. The fraction of sp³-hybridized carbons (Fsp3) is 0.179. The van der Waals surface area contributed by atoms with Crippen molar-refractivity contribution < 1.29 is 9.18 Å². The van der Waals surface area contributed by atoms with Crippen molar-refractivity contribution >= 4 is 62.9 Å². The number of nitrogens with zero attached hydrogens (tertiary/aromatic N) is 4. The Hall–Kier alpha value is -3.22. The van der Waals surface area contributed by atoms with Crippen LogP contribution in [0.15, 0.2) is 65.3 Å². The van der Waals surface area contributed by atoms with Gasteiger partial charge in [0.05, 0.1) is 17.1 Å². The molecule has 194 valence electrons. The van der Waals surface area contributed by atoms with Crippen LogP contribution in [0.1, 0.15) is 27.9 Å². The number of aromatic nitrogens is 2. The van der Waals surface area contributed by atoms with Crippen molar-refractivity contribution in [3.63, 3.8) is 0 Å². The maximum Gasteiger partial charge on any atom is 0.326 e. The highest BCUT2D eigenvalue weighted by molar-refractivity contribution is 9.10. The summed E-state index contributed by atoms with van der Waals surface area (Å²) in [6, 6.07) is 15.5. The summed E-state index contributed by atoms with van der Waals surface area (Å²) in [5.41, 5.74) is 4.94. The number of pyridine rings is 1. The molecular weight excluding hydrogens is 592 g/mol.